The van der Waals surface area contributed by atoms with Crippen LogP contribution in [0.5, 0.6) is 0 Å². The van der Waals surface area contributed by atoms with Crippen molar-refractivity contribution >= 4 is 5.91 Å². The Bertz CT molecular complexity index is 454. The quantitative estimate of drug-likeness (QED) is 0.871. The molecule has 0 aliphatic rings. The highest BCUT2D eigenvalue weighted by Crippen LogP contribution is 2.24. The summed E-state index contributed by atoms with van der Waals surface area (Å²) in [5.74, 6) is -0.584. The Hall–Kier alpha value is -1.42. The average Bonchev–Trinajstić information content (AvgIpc) is 2.34. The van der Waals surface area contributed by atoms with Gasteiger partial charge in [0.1, 0.15) is 5.82 Å². The predicted octanol–water partition coefficient (Wildman–Crippen LogP) is 3.01. The molecule has 1 rings (SSSR count). The minimum Gasteiger partial charge on any atom is -0.349 e. The van der Waals surface area contributed by atoms with Crippen LogP contribution in [0.25, 0.3) is 0 Å². The summed E-state index contributed by atoms with van der Waals surface area (Å²) in [5, 5.41) is 2.91. The lowest BCUT2D eigenvalue weighted by Crippen LogP contribution is -2.38. The summed E-state index contributed by atoms with van der Waals surface area (Å²) in [6, 6.07) is 6.04. The largest absolute Gasteiger partial charge is 0.349 e. The van der Waals surface area contributed by atoms with Gasteiger partial charge in [0.05, 0.1) is 12.0 Å². The maximum Gasteiger partial charge on any atom is 0.224 e. The number of carbonyl (C=O) groups is 1. The van der Waals surface area contributed by atoms with Gasteiger partial charge in [-0.15, -0.1) is 0 Å². The maximum absolute atomic E-state index is 13.2. The average molecular weight is 280 g/mol. The molecule has 0 saturated carbocycles. The molecule has 0 fully saturated rings. The molecule has 1 amide bonds. The van der Waals surface area contributed by atoms with Gasteiger partial charge in [-0.1, -0.05) is 32.9 Å². The van der Waals surface area contributed by atoms with Crippen LogP contribution in [0.4, 0.5) is 4.39 Å². The first-order valence-electron chi connectivity index (χ1n) is 6.99. The van der Waals surface area contributed by atoms with Crippen molar-refractivity contribution < 1.29 is 9.18 Å². The molecule has 20 heavy (non-hydrogen) atoms. The van der Waals surface area contributed by atoms with Crippen molar-refractivity contribution in [3.05, 3.63) is 35.6 Å². The Morgan fingerprint density at radius 2 is 2.05 bits per heavy atom. The van der Waals surface area contributed by atoms with Crippen molar-refractivity contribution in [2.75, 3.05) is 6.54 Å². The zero-order chi connectivity index (χ0) is 15.3. The van der Waals surface area contributed by atoms with Gasteiger partial charge in [0.25, 0.3) is 0 Å². The lowest BCUT2D eigenvalue weighted by Gasteiger charge is -2.26. The highest BCUT2D eigenvalue weighted by molar-refractivity contribution is 5.79. The van der Waals surface area contributed by atoms with Gasteiger partial charge in [-0.3, -0.25) is 4.79 Å². The molecule has 2 unspecified atom stereocenters. The van der Waals surface area contributed by atoms with Crippen LogP contribution in [0.1, 0.15) is 45.7 Å². The van der Waals surface area contributed by atoms with Gasteiger partial charge in [-0.05, 0) is 36.5 Å². The third-order valence-electron chi connectivity index (χ3n) is 3.22. The second kappa shape index (κ2) is 6.84. The van der Waals surface area contributed by atoms with Crippen molar-refractivity contribution in [1.82, 2.24) is 5.32 Å². The summed E-state index contributed by atoms with van der Waals surface area (Å²) in [4.78, 5) is 12.2. The number of halogens is 1. The monoisotopic (exact) mass is 280 g/mol. The first kappa shape index (κ1) is 16.6. The number of nitrogens with one attached hydrogen (secondary N) is 1. The van der Waals surface area contributed by atoms with Gasteiger partial charge in [-0.25, -0.2) is 4.39 Å². The molecule has 0 aromatic heterocycles. The summed E-state index contributed by atoms with van der Waals surface area (Å²) in [6.07, 6.45) is 0.727. The van der Waals surface area contributed by atoms with Crippen molar-refractivity contribution in [3.8, 4) is 0 Å². The summed E-state index contributed by atoms with van der Waals surface area (Å²) < 4.78 is 13.2. The number of rotatable bonds is 5. The number of carbonyl (C=O) groups excluding carboxylic acids is 1. The van der Waals surface area contributed by atoms with Crippen LogP contribution in [0, 0.1) is 17.2 Å². The lowest BCUT2D eigenvalue weighted by atomic mass is 9.84. The lowest BCUT2D eigenvalue weighted by molar-refractivity contribution is -0.126. The molecule has 4 heteroatoms. The van der Waals surface area contributed by atoms with E-state index in [4.69, 9.17) is 5.73 Å². The molecule has 2 atom stereocenters. The maximum atomic E-state index is 13.2. The van der Waals surface area contributed by atoms with Gasteiger partial charge in [0, 0.05) is 6.54 Å². The molecule has 0 heterocycles. The van der Waals surface area contributed by atoms with Gasteiger partial charge < -0.3 is 11.1 Å². The zero-order valence-corrected chi connectivity index (χ0v) is 12.7. The molecule has 0 saturated heterocycles. The molecular formula is C16H25FN2O. The van der Waals surface area contributed by atoms with E-state index >= 15 is 0 Å². The topological polar surface area (TPSA) is 55.1 Å². The van der Waals surface area contributed by atoms with E-state index in [-0.39, 0.29) is 29.1 Å². The van der Waals surface area contributed by atoms with Gasteiger partial charge >= 0.3 is 0 Å². The summed E-state index contributed by atoms with van der Waals surface area (Å²) in [5.41, 5.74) is 6.50. The summed E-state index contributed by atoms with van der Waals surface area (Å²) in [7, 11) is 0. The Kier molecular flexibility index (Phi) is 5.69. The molecular weight excluding hydrogens is 255 g/mol. The minimum absolute atomic E-state index is 0.0451. The van der Waals surface area contributed by atoms with E-state index in [2.05, 4.69) is 26.1 Å². The molecule has 3 N–H and O–H groups in total. The van der Waals surface area contributed by atoms with Crippen LogP contribution in [0.3, 0.4) is 0 Å². The molecule has 112 valence electrons. The van der Waals surface area contributed by atoms with Crippen molar-refractivity contribution in [2.45, 2.75) is 40.2 Å². The molecule has 1 aromatic rings. The van der Waals surface area contributed by atoms with E-state index in [1.807, 2.05) is 6.92 Å². The van der Waals surface area contributed by atoms with Crippen molar-refractivity contribution in [1.29, 1.82) is 0 Å². The number of amides is 1. The van der Waals surface area contributed by atoms with Crippen LogP contribution in [-0.4, -0.2) is 12.5 Å². The highest BCUT2D eigenvalue weighted by atomic mass is 19.1. The van der Waals surface area contributed by atoms with Crippen LogP contribution < -0.4 is 11.1 Å². The number of hydrogen-bond donors (Lipinski definition) is 2. The summed E-state index contributed by atoms with van der Waals surface area (Å²) >= 11 is 0. The Balaban J connectivity index is 2.68. The standard InChI is InChI=1S/C16H25FN2O/c1-11(12-6-5-7-14(17)8-12)19-15(20)13(10-18)9-16(2,3)4/h5-8,11,13H,9-10,18H2,1-4H3,(H,19,20). The van der Waals surface area contributed by atoms with Crippen LogP contribution in [-0.2, 0) is 4.79 Å². The Morgan fingerprint density at radius 1 is 1.40 bits per heavy atom. The number of hydrogen-bond acceptors (Lipinski definition) is 2. The zero-order valence-electron chi connectivity index (χ0n) is 12.7. The Labute approximate surface area is 120 Å². The molecule has 0 bridgehead atoms. The van der Waals surface area contributed by atoms with E-state index in [9.17, 15) is 9.18 Å². The third kappa shape index (κ3) is 5.29. The molecule has 1 aromatic carbocycles. The molecule has 3 nitrogen and oxygen atoms in total. The van der Waals surface area contributed by atoms with Gasteiger partial charge in [0.2, 0.25) is 5.91 Å². The number of nitrogens with two attached hydrogens (primary N) is 1. The van der Waals surface area contributed by atoms with Crippen molar-refractivity contribution in [3.63, 3.8) is 0 Å². The van der Waals surface area contributed by atoms with E-state index in [1.54, 1.807) is 12.1 Å². The smallest absolute Gasteiger partial charge is 0.224 e. The third-order valence-corrected chi connectivity index (χ3v) is 3.22. The van der Waals surface area contributed by atoms with E-state index in [1.165, 1.54) is 12.1 Å². The SMILES string of the molecule is CC(NC(=O)C(CN)CC(C)(C)C)c1cccc(F)c1. The van der Waals surface area contributed by atoms with Gasteiger partial charge in [-0.2, -0.15) is 0 Å². The summed E-state index contributed by atoms with van der Waals surface area (Å²) in [6.45, 7) is 8.41. The predicted molar refractivity (Wildman–Crippen MR) is 79.6 cm³/mol. The second-order valence-electron chi connectivity index (χ2n) is 6.48. The van der Waals surface area contributed by atoms with Crippen LogP contribution in [0.15, 0.2) is 24.3 Å². The van der Waals surface area contributed by atoms with E-state index in [0.29, 0.717) is 6.54 Å². The molecule has 0 aliphatic heterocycles. The molecule has 0 radical (unpaired) electrons. The highest BCUT2D eigenvalue weighted by Gasteiger charge is 2.24. The Morgan fingerprint density at radius 3 is 2.55 bits per heavy atom. The number of benzene rings is 1. The van der Waals surface area contributed by atoms with Crippen LogP contribution in [0.2, 0.25) is 0 Å². The fraction of sp³-hybridized carbons (Fsp3) is 0.562. The first-order chi connectivity index (χ1) is 9.23. The van der Waals surface area contributed by atoms with Gasteiger partial charge in [0.15, 0.2) is 0 Å². The first-order valence-corrected chi connectivity index (χ1v) is 6.99. The fourth-order valence-electron chi connectivity index (χ4n) is 2.21. The molecule has 0 spiro atoms. The van der Waals surface area contributed by atoms with E-state index < -0.39 is 0 Å². The molecule has 0 aliphatic carbocycles. The fourth-order valence-corrected chi connectivity index (χ4v) is 2.21. The van der Waals surface area contributed by atoms with Crippen molar-refractivity contribution in [2.24, 2.45) is 17.1 Å². The van der Waals surface area contributed by atoms with Crippen LogP contribution >= 0.6 is 0 Å². The normalized spacial score (nSPS) is 14.7. The second-order valence-corrected chi connectivity index (χ2v) is 6.48. The minimum atomic E-state index is -0.298. The van der Waals surface area contributed by atoms with E-state index in [0.717, 1.165) is 12.0 Å².